The third kappa shape index (κ3) is 4.53. The minimum Gasteiger partial charge on any atom is -0.350 e. The van der Waals surface area contributed by atoms with Crippen LogP contribution in [0.5, 0.6) is 0 Å². The number of amides is 2. The summed E-state index contributed by atoms with van der Waals surface area (Å²) in [6, 6.07) is 14.4. The van der Waals surface area contributed by atoms with Gasteiger partial charge in [0, 0.05) is 18.3 Å². The number of imide groups is 1. The number of benzene rings is 3. The maximum absolute atomic E-state index is 13.7. The molecule has 1 aliphatic heterocycles. The lowest BCUT2D eigenvalue weighted by atomic mass is 9.99. The van der Waals surface area contributed by atoms with Crippen LogP contribution in [0.1, 0.15) is 22.3 Å². The van der Waals surface area contributed by atoms with Crippen LogP contribution in [0, 0.1) is 31.3 Å². The summed E-state index contributed by atoms with van der Waals surface area (Å²) in [7, 11) is 0. The molecule has 33 heavy (non-hydrogen) atoms. The fourth-order valence-electron chi connectivity index (χ4n) is 3.67. The van der Waals surface area contributed by atoms with Crippen molar-refractivity contribution in [3.05, 3.63) is 106 Å². The summed E-state index contributed by atoms with van der Waals surface area (Å²) in [6.45, 7) is 3.92. The van der Waals surface area contributed by atoms with Gasteiger partial charge in [-0.25, -0.2) is 13.2 Å². The molecule has 3 aromatic carbocycles. The number of carbonyl (C=O) groups is 2. The van der Waals surface area contributed by atoms with E-state index in [1.54, 1.807) is 18.2 Å². The summed E-state index contributed by atoms with van der Waals surface area (Å²) in [5, 5.41) is 2.82. The molecule has 168 valence electrons. The molecule has 0 spiro atoms. The van der Waals surface area contributed by atoms with Crippen molar-refractivity contribution in [2.75, 3.05) is 11.9 Å². The Bertz CT molecular complexity index is 1280. The van der Waals surface area contributed by atoms with Crippen LogP contribution in [0.25, 0.3) is 5.57 Å². The Morgan fingerprint density at radius 3 is 2.18 bits per heavy atom. The summed E-state index contributed by atoms with van der Waals surface area (Å²) in [6.07, 6.45) is 0.344. The van der Waals surface area contributed by atoms with Gasteiger partial charge in [-0.1, -0.05) is 30.3 Å². The first kappa shape index (κ1) is 22.3. The van der Waals surface area contributed by atoms with E-state index >= 15 is 0 Å². The fraction of sp³-hybridized carbons (Fsp3) is 0.154. The topological polar surface area (TPSA) is 49.4 Å². The van der Waals surface area contributed by atoms with Crippen LogP contribution in [0.3, 0.4) is 0 Å². The lowest BCUT2D eigenvalue weighted by Gasteiger charge is -2.15. The number of nitrogens with zero attached hydrogens (tertiary/aromatic N) is 1. The van der Waals surface area contributed by atoms with Crippen molar-refractivity contribution in [1.82, 2.24) is 4.90 Å². The zero-order chi connectivity index (χ0) is 23.7. The molecule has 0 bridgehead atoms. The van der Waals surface area contributed by atoms with Gasteiger partial charge in [0.15, 0.2) is 11.6 Å². The number of hydrogen-bond acceptors (Lipinski definition) is 3. The molecule has 0 atom stereocenters. The van der Waals surface area contributed by atoms with E-state index in [-0.39, 0.29) is 29.3 Å². The lowest BCUT2D eigenvalue weighted by Crippen LogP contribution is -2.34. The van der Waals surface area contributed by atoms with Crippen molar-refractivity contribution in [2.45, 2.75) is 20.3 Å². The Morgan fingerprint density at radius 1 is 0.788 bits per heavy atom. The van der Waals surface area contributed by atoms with Gasteiger partial charge in [-0.15, -0.1) is 0 Å². The quantitative estimate of drug-likeness (QED) is 0.528. The summed E-state index contributed by atoms with van der Waals surface area (Å²) >= 11 is 0. The monoisotopic (exact) mass is 450 g/mol. The highest BCUT2D eigenvalue weighted by Crippen LogP contribution is 2.32. The molecule has 1 aliphatic rings. The number of carbonyl (C=O) groups excluding carboxylic acids is 2. The van der Waals surface area contributed by atoms with Crippen LogP contribution in [0.4, 0.5) is 18.9 Å². The standard InChI is InChI=1S/C26H21F3N2O2/c1-15-3-6-18(13-16(15)2)23-24(30-20-9-10-21(28)22(29)14-20)26(33)31(25(23)32)12-11-17-4-7-19(27)8-5-17/h3-10,13-14,30H,11-12H2,1-2H3. The molecule has 0 unspecified atom stereocenters. The van der Waals surface area contributed by atoms with Crippen LogP contribution in [-0.4, -0.2) is 23.3 Å². The molecule has 0 fully saturated rings. The van der Waals surface area contributed by atoms with E-state index in [2.05, 4.69) is 5.32 Å². The van der Waals surface area contributed by atoms with Crippen molar-refractivity contribution in [3.8, 4) is 0 Å². The number of hydrogen-bond donors (Lipinski definition) is 1. The van der Waals surface area contributed by atoms with E-state index in [0.717, 1.165) is 33.7 Å². The van der Waals surface area contributed by atoms with Crippen molar-refractivity contribution < 1.29 is 22.8 Å². The smallest absolute Gasteiger partial charge is 0.278 e. The Labute approximate surface area is 189 Å². The Kier molecular flexibility index (Phi) is 6.05. The molecule has 0 aromatic heterocycles. The first-order valence-electron chi connectivity index (χ1n) is 10.4. The molecular weight excluding hydrogens is 429 g/mol. The van der Waals surface area contributed by atoms with Gasteiger partial charge in [0.1, 0.15) is 11.5 Å². The molecular formula is C26H21F3N2O2. The maximum Gasteiger partial charge on any atom is 0.278 e. The average molecular weight is 450 g/mol. The summed E-state index contributed by atoms with van der Waals surface area (Å²) < 4.78 is 40.3. The van der Waals surface area contributed by atoms with Gasteiger partial charge in [-0.05, 0) is 66.8 Å². The molecule has 1 N–H and O–H groups in total. The van der Waals surface area contributed by atoms with Crippen molar-refractivity contribution in [1.29, 1.82) is 0 Å². The van der Waals surface area contributed by atoms with Gasteiger partial charge in [0.05, 0.1) is 5.57 Å². The van der Waals surface area contributed by atoms with Crippen LogP contribution in [-0.2, 0) is 16.0 Å². The zero-order valence-electron chi connectivity index (χ0n) is 18.1. The predicted octanol–water partition coefficient (Wildman–Crippen LogP) is 5.16. The summed E-state index contributed by atoms with van der Waals surface area (Å²) in [4.78, 5) is 27.7. The molecule has 0 saturated carbocycles. The van der Waals surface area contributed by atoms with Crippen LogP contribution >= 0.6 is 0 Å². The second-order valence-corrected chi connectivity index (χ2v) is 7.94. The third-order valence-corrected chi connectivity index (χ3v) is 5.69. The molecule has 4 rings (SSSR count). The van der Waals surface area contributed by atoms with Crippen molar-refractivity contribution >= 4 is 23.1 Å². The van der Waals surface area contributed by atoms with Gasteiger partial charge in [-0.3, -0.25) is 14.5 Å². The first-order chi connectivity index (χ1) is 15.7. The number of aryl methyl sites for hydroxylation is 2. The van der Waals surface area contributed by atoms with Gasteiger partial charge < -0.3 is 5.32 Å². The SMILES string of the molecule is Cc1ccc(C2=C(Nc3ccc(F)c(F)c3)C(=O)N(CCc3ccc(F)cc3)C2=O)cc1C. The highest BCUT2D eigenvalue weighted by atomic mass is 19.2. The first-order valence-corrected chi connectivity index (χ1v) is 10.4. The molecule has 3 aromatic rings. The fourth-order valence-corrected chi connectivity index (χ4v) is 3.67. The third-order valence-electron chi connectivity index (χ3n) is 5.69. The van der Waals surface area contributed by atoms with E-state index in [1.165, 1.54) is 18.2 Å². The summed E-state index contributed by atoms with van der Waals surface area (Å²) in [5.74, 6) is -3.52. The minimum absolute atomic E-state index is 0.00614. The largest absolute Gasteiger partial charge is 0.350 e. The van der Waals surface area contributed by atoms with Crippen LogP contribution in [0.2, 0.25) is 0 Å². The zero-order valence-corrected chi connectivity index (χ0v) is 18.1. The van der Waals surface area contributed by atoms with E-state index in [9.17, 15) is 22.8 Å². The summed E-state index contributed by atoms with van der Waals surface area (Å²) in [5.41, 5.74) is 3.58. The van der Waals surface area contributed by atoms with Gasteiger partial charge in [0.25, 0.3) is 11.8 Å². The number of anilines is 1. The van der Waals surface area contributed by atoms with Crippen LogP contribution in [0.15, 0.2) is 66.4 Å². The number of nitrogens with one attached hydrogen (secondary N) is 1. The highest BCUT2D eigenvalue weighted by molar-refractivity contribution is 6.36. The highest BCUT2D eigenvalue weighted by Gasteiger charge is 2.39. The molecule has 0 aliphatic carbocycles. The van der Waals surface area contributed by atoms with Gasteiger partial charge >= 0.3 is 0 Å². The Balaban J connectivity index is 1.69. The predicted molar refractivity (Wildman–Crippen MR) is 120 cm³/mol. The molecule has 0 radical (unpaired) electrons. The molecule has 1 heterocycles. The van der Waals surface area contributed by atoms with E-state index in [4.69, 9.17) is 0 Å². The number of rotatable bonds is 6. The van der Waals surface area contributed by atoms with Crippen molar-refractivity contribution in [2.24, 2.45) is 0 Å². The lowest BCUT2D eigenvalue weighted by molar-refractivity contribution is -0.136. The normalized spacial score (nSPS) is 13.8. The average Bonchev–Trinajstić information content (AvgIpc) is 3.01. The van der Waals surface area contributed by atoms with E-state index < -0.39 is 23.4 Å². The molecule has 4 nitrogen and oxygen atoms in total. The molecule has 0 saturated heterocycles. The Hall–Kier alpha value is -3.87. The minimum atomic E-state index is -1.07. The molecule has 2 amide bonds. The van der Waals surface area contributed by atoms with E-state index in [0.29, 0.717) is 12.0 Å². The molecule has 7 heteroatoms. The van der Waals surface area contributed by atoms with Crippen LogP contribution < -0.4 is 5.32 Å². The second-order valence-electron chi connectivity index (χ2n) is 7.94. The maximum atomic E-state index is 13.7. The van der Waals surface area contributed by atoms with E-state index in [1.807, 2.05) is 26.0 Å². The van der Waals surface area contributed by atoms with Crippen molar-refractivity contribution in [3.63, 3.8) is 0 Å². The Morgan fingerprint density at radius 2 is 1.52 bits per heavy atom. The second kappa shape index (κ2) is 8.94. The van der Waals surface area contributed by atoms with Gasteiger partial charge in [0.2, 0.25) is 0 Å². The number of halogens is 3. The van der Waals surface area contributed by atoms with Gasteiger partial charge in [-0.2, -0.15) is 0 Å².